The number of anilines is 1. The zero-order valence-corrected chi connectivity index (χ0v) is 14.9. The molecule has 0 bridgehead atoms. The van der Waals surface area contributed by atoms with E-state index in [1.807, 2.05) is 0 Å². The maximum Gasteiger partial charge on any atom is 0.416 e. The van der Waals surface area contributed by atoms with Gasteiger partial charge in [0.1, 0.15) is 5.69 Å². The summed E-state index contributed by atoms with van der Waals surface area (Å²) in [5, 5.41) is 19.9. The predicted molar refractivity (Wildman–Crippen MR) is 91.6 cm³/mol. The summed E-state index contributed by atoms with van der Waals surface area (Å²) in [7, 11) is 0. The van der Waals surface area contributed by atoms with E-state index in [2.05, 4.69) is 20.8 Å². The Morgan fingerprint density at radius 2 is 2.07 bits per heavy atom. The van der Waals surface area contributed by atoms with Gasteiger partial charge in [0, 0.05) is 32.0 Å². The van der Waals surface area contributed by atoms with Crippen molar-refractivity contribution in [3.05, 3.63) is 45.6 Å². The topological polar surface area (TPSA) is 123 Å². The third-order valence-corrected chi connectivity index (χ3v) is 3.65. The summed E-state index contributed by atoms with van der Waals surface area (Å²) in [6.07, 6.45) is -3.58. The van der Waals surface area contributed by atoms with E-state index in [9.17, 15) is 28.1 Å². The van der Waals surface area contributed by atoms with E-state index >= 15 is 0 Å². The first-order valence-corrected chi connectivity index (χ1v) is 8.32. The molecule has 1 aromatic heterocycles. The molecule has 12 heteroatoms. The van der Waals surface area contributed by atoms with Crippen LogP contribution in [-0.4, -0.2) is 34.1 Å². The molecule has 1 amide bonds. The number of benzene rings is 1. The Labute approximate surface area is 157 Å². The molecule has 9 nitrogen and oxygen atoms in total. The second-order valence-electron chi connectivity index (χ2n) is 5.85. The van der Waals surface area contributed by atoms with Crippen molar-refractivity contribution in [3.8, 4) is 0 Å². The Hall–Kier alpha value is -3.18. The molecule has 2 aromatic rings. The smallest absolute Gasteiger partial charge is 0.379 e. The Bertz CT molecular complexity index is 838. The van der Waals surface area contributed by atoms with Gasteiger partial charge in [-0.25, -0.2) is 0 Å². The normalized spacial score (nSPS) is 11.3. The highest BCUT2D eigenvalue weighted by Crippen LogP contribution is 2.34. The molecule has 1 aromatic carbocycles. The molecule has 0 fully saturated rings. The molecule has 0 spiro atoms. The minimum atomic E-state index is -4.68. The van der Waals surface area contributed by atoms with Crippen LogP contribution in [0.25, 0.3) is 0 Å². The van der Waals surface area contributed by atoms with Crippen molar-refractivity contribution in [2.24, 2.45) is 0 Å². The van der Waals surface area contributed by atoms with Crippen LogP contribution in [0.15, 0.2) is 22.7 Å². The number of alkyl halides is 3. The van der Waals surface area contributed by atoms with Gasteiger partial charge in [0.05, 0.1) is 10.5 Å². The molecule has 0 saturated carbocycles. The number of amides is 1. The largest absolute Gasteiger partial charge is 0.416 e. The lowest BCUT2D eigenvalue weighted by atomic mass is 10.1. The van der Waals surface area contributed by atoms with Crippen molar-refractivity contribution in [2.75, 3.05) is 18.4 Å². The molecular formula is C16H18F3N5O4. The maximum absolute atomic E-state index is 12.7. The fraction of sp³-hybridized carbons (Fsp3) is 0.438. The zero-order valence-electron chi connectivity index (χ0n) is 14.9. The molecule has 2 rings (SSSR count). The molecule has 28 heavy (non-hydrogen) atoms. The van der Waals surface area contributed by atoms with Crippen LogP contribution in [0.2, 0.25) is 0 Å². The van der Waals surface area contributed by atoms with E-state index < -0.39 is 22.4 Å². The lowest BCUT2D eigenvalue weighted by Crippen LogP contribution is -2.26. The number of carbonyl (C=O) groups is 1. The van der Waals surface area contributed by atoms with Crippen molar-refractivity contribution in [2.45, 2.75) is 32.4 Å². The maximum atomic E-state index is 12.7. The van der Waals surface area contributed by atoms with E-state index in [1.54, 1.807) is 6.92 Å². The third kappa shape index (κ3) is 6.21. The number of hydrogen-bond acceptors (Lipinski definition) is 7. The SMILES string of the molecule is Cc1noc(CCCNC(=O)CCNc2ccc(C(F)(F)F)cc2[N+](=O)[O-])n1. The first kappa shape index (κ1) is 21.1. The molecule has 0 atom stereocenters. The standard InChI is InChI=1S/C16H18F3N5O4/c1-10-22-15(28-23-10)3-2-7-21-14(25)6-8-20-12-5-4-11(16(17,18)19)9-13(12)24(26)27/h4-5,9,20H,2-3,6-8H2,1H3,(H,21,25). The van der Waals surface area contributed by atoms with Crippen molar-refractivity contribution >= 4 is 17.3 Å². The molecule has 0 radical (unpaired) electrons. The fourth-order valence-electron chi connectivity index (χ4n) is 2.32. The van der Waals surface area contributed by atoms with Crippen molar-refractivity contribution in [1.29, 1.82) is 0 Å². The average Bonchev–Trinajstić information content (AvgIpc) is 3.03. The van der Waals surface area contributed by atoms with Crippen LogP contribution in [0.1, 0.15) is 30.1 Å². The van der Waals surface area contributed by atoms with Gasteiger partial charge >= 0.3 is 6.18 Å². The monoisotopic (exact) mass is 401 g/mol. The Morgan fingerprint density at radius 3 is 2.68 bits per heavy atom. The van der Waals surface area contributed by atoms with Crippen molar-refractivity contribution in [1.82, 2.24) is 15.5 Å². The number of nitrogens with zero attached hydrogens (tertiary/aromatic N) is 3. The molecule has 152 valence electrons. The third-order valence-electron chi connectivity index (χ3n) is 3.65. The number of carbonyl (C=O) groups excluding carboxylic acids is 1. The van der Waals surface area contributed by atoms with Gasteiger partial charge in [0.2, 0.25) is 11.8 Å². The highest BCUT2D eigenvalue weighted by Gasteiger charge is 2.33. The minimum Gasteiger partial charge on any atom is -0.379 e. The molecule has 0 aliphatic heterocycles. The highest BCUT2D eigenvalue weighted by molar-refractivity contribution is 5.76. The summed E-state index contributed by atoms with van der Waals surface area (Å²) in [5.41, 5.74) is -1.90. The van der Waals surface area contributed by atoms with Gasteiger partial charge in [-0.3, -0.25) is 14.9 Å². The van der Waals surface area contributed by atoms with Gasteiger partial charge in [0.25, 0.3) is 5.69 Å². The zero-order chi connectivity index (χ0) is 20.7. The number of aromatic nitrogens is 2. The first-order valence-electron chi connectivity index (χ1n) is 8.32. The van der Waals surface area contributed by atoms with E-state index in [1.165, 1.54) is 0 Å². The molecular weight excluding hydrogens is 383 g/mol. The first-order chi connectivity index (χ1) is 13.2. The fourth-order valence-corrected chi connectivity index (χ4v) is 2.32. The molecule has 0 aliphatic carbocycles. The number of nitro groups is 1. The number of rotatable bonds is 9. The summed E-state index contributed by atoms with van der Waals surface area (Å²) >= 11 is 0. The van der Waals surface area contributed by atoms with Crippen LogP contribution in [0, 0.1) is 17.0 Å². The Kier molecular flexibility index (Phi) is 6.90. The van der Waals surface area contributed by atoms with Crippen LogP contribution in [0.3, 0.4) is 0 Å². The number of hydrogen-bond donors (Lipinski definition) is 2. The van der Waals surface area contributed by atoms with Gasteiger partial charge < -0.3 is 15.2 Å². The molecule has 0 saturated heterocycles. The predicted octanol–water partition coefficient (Wildman–Crippen LogP) is 2.86. The second-order valence-corrected chi connectivity index (χ2v) is 5.85. The summed E-state index contributed by atoms with van der Waals surface area (Å²) in [4.78, 5) is 25.9. The van der Waals surface area contributed by atoms with Crippen LogP contribution in [-0.2, 0) is 17.4 Å². The van der Waals surface area contributed by atoms with Crippen LogP contribution >= 0.6 is 0 Å². The molecule has 1 heterocycles. The van der Waals surface area contributed by atoms with Crippen molar-refractivity contribution < 1.29 is 27.4 Å². The quantitative estimate of drug-likeness (QED) is 0.376. The Morgan fingerprint density at radius 1 is 1.32 bits per heavy atom. The van der Waals surface area contributed by atoms with E-state index in [4.69, 9.17) is 4.52 Å². The van der Waals surface area contributed by atoms with Crippen LogP contribution < -0.4 is 10.6 Å². The molecule has 0 aliphatic rings. The van der Waals surface area contributed by atoms with Gasteiger partial charge in [-0.05, 0) is 25.5 Å². The van der Waals surface area contributed by atoms with Gasteiger partial charge in [0.15, 0.2) is 5.82 Å². The summed E-state index contributed by atoms with van der Waals surface area (Å²) in [5.74, 6) is 0.703. The van der Waals surface area contributed by atoms with Gasteiger partial charge in [-0.15, -0.1) is 0 Å². The lowest BCUT2D eigenvalue weighted by Gasteiger charge is -2.10. The van der Waals surface area contributed by atoms with E-state index in [-0.39, 0.29) is 24.6 Å². The molecule has 2 N–H and O–H groups in total. The lowest BCUT2D eigenvalue weighted by molar-refractivity contribution is -0.384. The summed E-state index contributed by atoms with van der Waals surface area (Å²) in [6.45, 7) is 2.10. The summed E-state index contributed by atoms with van der Waals surface area (Å²) in [6, 6.07) is 2.18. The van der Waals surface area contributed by atoms with Crippen LogP contribution in [0.5, 0.6) is 0 Å². The van der Waals surface area contributed by atoms with Gasteiger partial charge in [-0.2, -0.15) is 18.2 Å². The average molecular weight is 401 g/mol. The summed E-state index contributed by atoms with van der Waals surface area (Å²) < 4.78 is 42.9. The molecule has 0 unspecified atom stereocenters. The van der Waals surface area contributed by atoms with E-state index in [0.717, 1.165) is 12.1 Å². The van der Waals surface area contributed by atoms with Crippen molar-refractivity contribution in [3.63, 3.8) is 0 Å². The van der Waals surface area contributed by atoms with E-state index in [0.29, 0.717) is 37.2 Å². The minimum absolute atomic E-state index is 0.00214. The number of nitro benzene ring substituents is 1. The Balaban J connectivity index is 1.77. The van der Waals surface area contributed by atoms with Crippen LogP contribution in [0.4, 0.5) is 24.5 Å². The number of nitrogens with one attached hydrogen (secondary N) is 2. The number of aryl methyl sites for hydroxylation is 2. The highest BCUT2D eigenvalue weighted by atomic mass is 19.4. The number of halogens is 3. The van der Waals surface area contributed by atoms with Gasteiger partial charge in [-0.1, -0.05) is 5.16 Å². The second kappa shape index (κ2) is 9.15.